The third-order valence-corrected chi connectivity index (χ3v) is 9.36. The first-order valence-corrected chi connectivity index (χ1v) is 18.4. The zero-order chi connectivity index (χ0) is 38.8. The van der Waals surface area contributed by atoms with Gasteiger partial charge in [0.15, 0.2) is 5.78 Å². The van der Waals surface area contributed by atoms with Crippen LogP contribution in [-0.4, -0.2) is 170 Å². The molecule has 2 unspecified atom stereocenters. The van der Waals surface area contributed by atoms with Crippen molar-refractivity contribution >= 4 is 69.0 Å². The highest BCUT2D eigenvalue weighted by molar-refractivity contribution is 8.76. The molecule has 0 rings (SSSR count). The number of ketones is 1. The Hall–Kier alpha value is -3.54. The SMILES string of the molecule is CNC(CCC(=O)O)C(=O)NC(CCC(=O)NCCSSCCNC(=O)CN(C[O-])CCN(CCN(CC(=O)[O-])CC(=O)[O-])CC(=O)[O-])C(C)=O. The van der Waals surface area contributed by atoms with Crippen molar-refractivity contribution < 1.29 is 63.9 Å². The number of carbonyl (C=O) groups is 8. The summed E-state index contributed by atoms with van der Waals surface area (Å²) >= 11 is 0. The van der Waals surface area contributed by atoms with Crippen LogP contribution in [0.5, 0.6) is 0 Å². The quantitative estimate of drug-likeness (QED) is 0.0241. The van der Waals surface area contributed by atoms with Crippen molar-refractivity contribution in [2.75, 3.05) is 90.7 Å². The van der Waals surface area contributed by atoms with E-state index >= 15 is 0 Å². The van der Waals surface area contributed by atoms with Gasteiger partial charge in [0, 0.05) is 83.3 Å². The van der Waals surface area contributed by atoms with Crippen LogP contribution in [0.4, 0.5) is 0 Å². The molecule has 0 aromatic heterocycles. The van der Waals surface area contributed by atoms with Crippen molar-refractivity contribution in [3.05, 3.63) is 0 Å². The normalized spacial score (nSPS) is 12.4. The maximum atomic E-state index is 12.4. The minimum absolute atomic E-state index is 0.00182. The van der Waals surface area contributed by atoms with Crippen LogP contribution < -0.4 is 41.7 Å². The minimum atomic E-state index is -1.52. The maximum Gasteiger partial charge on any atom is 0.303 e. The summed E-state index contributed by atoms with van der Waals surface area (Å²) in [4.78, 5) is 96.1. The number of nitrogens with zero attached hydrogens (tertiary/aromatic N) is 3. The molecule has 0 radical (unpaired) electrons. The zero-order valence-corrected chi connectivity index (χ0v) is 30.3. The number of Topliss-reactive ketones (excluding diaryl/α,β-unsaturated/α-hetero) is 1. The number of hydrogen-bond donors (Lipinski definition) is 5. The molecule has 292 valence electrons. The first-order valence-electron chi connectivity index (χ1n) is 15.9. The number of amides is 3. The summed E-state index contributed by atoms with van der Waals surface area (Å²) in [6.45, 7) is -1.33. The Morgan fingerprint density at radius 1 is 0.667 bits per heavy atom. The van der Waals surface area contributed by atoms with Crippen molar-refractivity contribution in [3.8, 4) is 0 Å². The Morgan fingerprint density at radius 3 is 1.61 bits per heavy atom. The van der Waals surface area contributed by atoms with E-state index in [9.17, 15) is 58.8 Å². The van der Waals surface area contributed by atoms with Gasteiger partial charge in [-0.1, -0.05) is 28.3 Å². The average molecular weight is 766 g/mol. The Labute approximate surface area is 303 Å². The van der Waals surface area contributed by atoms with Crippen molar-refractivity contribution in [2.45, 2.75) is 44.7 Å². The number of carbonyl (C=O) groups excluding carboxylic acids is 7. The molecular weight excluding hydrogens is 718 g/mol. The van der Waals surface area contributed by atoms with Gasteiger partial charge in [0.05, 0.1) is 36.5 Å². The molecule has 51 heavy (non-hydrogen) atoms. The Bertz CT molecular complexity index is 1140. The molecule has 0 fully saturated rings. The Morgan fingerprint density at radius 2 is 1.14 bits per heavy atom. The van der Waals surface area contributed by atoms with Gasteiger partial charge in [-0.15, -0.1) is 0 Å². The number of hydrogen-bond acceptors (Lipinski definition) is 18. The van der Waals surface area contributed by atoms with E-state index in [0.717, 1.165) is 4.90 Å². The van der Waals surface area contributed by atoms with E-state index in [1.165, 1.54) is 45.4 Å². The monoisotopic (exact) mass is 765 g/mol. The minimum Gasteiger partial charge on any atom is -0.843 e. The molecule has 0 spiro atoms. The molecule has 0 saturated carbocycles. The lowest BCUT2D eigenvalue weighted by Gasteiger charge is -2.31. The van der Waals surface area contributed by atoms with Gasteiger partial charge in [-0.2, -0.15) is 0 Å². The van der Waals surface area contributed by atoms with E-state index in [-0.39, 0.29) is 76.6 Å². The molecule has 0 saturated heterocycles. The molecule has 0 heterocycles. The van der Waals surface area contributed by atoms with Crippen molar-refractivity contribution in [2.24, 2.45) is 0 Å². The lowest BCUT2D eigenvalue weighted by atomic mass is 10.1. The lowest BCUT2D eigenvalue weighted by Crippen LogP contribution is -2.50. The molecule has 0 aromatic rings. The molecule has 0 aromatic carbocycles. The standard InChI is InChI=1S/C29H50N7O13S2/c1-20(38)21(33-29(49)22(30-2)4-6-25(41)42)3-5-23(39)31-7-13-50-51-14-8-32-24(40)15-36(19-37)12-10-34(16-26(43)44)9-11-35(17-27(45)46)18-28(47)48/h21-22,30H,3-19H2,1-2H3,(H,31,39)(H,32,40)(H,33,49)(H,41,42)(H,43,44)(H,45,46)(H,47,48)/q-1/p-3. The van der Waals surface area contributed by atoms with Gasteiger partial charge in [0.25, 0.3) is 0 Å². The molecule has 5 N–H and O–H groups in total. The summed E-state index contributed by atoms with van der Waals surface area (Å²) in [5, 5.41) is 64.0. The van der Waals surface area contributed by atoms with Crippen LogP contribution in [0, 0.1) is 0 Å². The number of rotatable bonds is 32. The molecule has 0 aliphatic carbocycles. The first kappa shape index (κ1) is 47.5. The number of carboxylic acid groups (broad SMARTS) is 4. The van der Waals surface area contributed by atoms with Gasteiger partial charge in [-0.05, 0) is 26.8 Å². The largest absolute Gasteiger partial charge is 0.843 e. The third kappa shape index (κ3) is 26.0. The average Bonchev–Trinajstić information content (AvgIpc) is 3.03. The highest BCUT2D eigenvalue weighted by Crippen LogP contribution is 2.19. The van der Waals surface area contributed by atoms with E-state index in [0.29, 0.717) is 18.1 Å². The van der Waals surface area contributed by atoms with Crippen LogP contribution in [0.25, 0.3) is 0 Å². The fourth-order valence-corrected chi connectivity index (χ4v) is 6.13. The summed E-state index contributed by atoms with van der Waals surface area (Å²) in [7, 11) is 4.37. The van der Waals surface area contributed by atoms with Gasteiger partial charge >= 0.3 is 5.97 Å². The van der Waals surface area contributed by atoms with Crippen LogP contribution in [0.1, 0.15) is 32.6 Å². The molecule has 3 amide bonds. The highest BCUT2D eigenvalue weighted by atomic mass is 33.1. The van der Waals surface area contributed by atoms with E-state index in [2.05, 4.69) is 21.3 Å². The first-order chi connectivity index (χ1) is 24.1. The summed E-state index contributed by atoms with van der Waals surface area (Å²) in [5.41, 5.74) is 0. The van der Waals surface area contributed by atoms with Gasteiger partial charge in [0.1, 0.15) is 0 Å². The summed E-state index contributed by atoms with van der Waals surface area (Å²) < 4.78 is 0. The van der Waals surface area contributed by atoms with Gasteiger partial charge < -0.3 is 66.1 Å². The van der Waals surface area contributed by atoms with Gasteiger partial charge in [0.2, 0.25) is 17.7 Å². The molecule has 0 aliphatic rings. The van der Waals surface area contributed by atoms with Crippen LogP contribution in [-0.2, 0) is 38.4 Å². The van der Waals surface area contributed by atoms with Crippen LogP contribution >= 0.6 is 21.6 Å². The topological polar surface area (TPSA) is 307 Å². The maximum absolute atomic E-state index is 12.4. The summed E-state index contributed by atoms with van der Waals surface area (Å²) in [6, 6.07) is -1.70. The second kappa shape index (κ2) is 28.1. The number of likely N-dealkylation sites (N-methyl/N-ethyl adjacent to an activating group) is 1. The van der Waals surface area contributed by atoms with E-state index in [4.69, 9.17) is 5.11 Å². The Balaban J connectivity index is 4.38. The molecule has 0 aliphatic heterocycles. The smallest absolute Gasteiger partial charge is 0.303 e. The predicted molar refractivity (Wildman–Crippen MR) is 177 cm³/mol. The molecule has 22 heteroatoms. The van der Waals surface area contributed by atoms with Crippen LogP contribution in [0.15, 0.2) is 0 Å². The van der Waals surface area contributed by atoms with Crippen molar-refractivity contribution in [1.29, 1.82) is 0 Å². The second-order valence-electron chi connectivity index (χ2n) is 11.1. The fourth-order valence-electron chi connectivity index (χ4n) is 4.32. The molecular formula is C29H47N7O13S2-4. The third-order valence-electron chi connectivity index (χ3n) is 6.95. The van der Waals surface area contributed by atoms with Gasteiger partial charge in [-0.3, -0.25) is 33.8 Å². The van der Waals surface area contributed by atoms with Crippen molar-refractivity contribution in [3.63, 3.8) is 0 Å². The number of aliphatic carboxylic acids is 4. The molecule has 20 nitrogen and oxygen atoms in total. The van der Waals surface area contributed by atoms with E-state index in [1.54, 1.807) is 0 Å². The summed E-state index contributed by atoms with van der Waals surface area (Å²) in [6.07, 6.45) is -0.131. The Kier molecular flexibility index (Phi) is 26.1. The fraction of sp³-hybridized carbons (Fsp3) is 0.724. The molecule has 0 bridgehead atoms. The van der Waals surface area contributed by atoms with Crippen molar-refractivity contribution in [1.82, 2.24) is 36.0 Å². The number of nitrogens with one attached hydrogen (secondary N) is 4. The zero-order valence-electron chi connectivity index (χ0n) is 28.7. The van der Waals surface area contributed by atoms with Crippen LogP contribution in [0.2, 0.25) is 0 Å². The van der Waals surface area contributed by atoms with Gasteiger partial charge in [-0.25, -0.2) is 0 Å². The predicted octanol–water partition coefficient (Wildman–Crippen LogP) is -7.62. The summed E-state index contributed by atoms with van der Waals surface area (Å²) in [5.74, 6) is -6.12. The van der Waals surface area contributed by atoms with E-state index < -0.39 is 74.1 Å². The second-order valence-corrected chi connectivity index (χ2v) is 13.8. The highest BCUT2D eigenvalue weighted by Gasteiger charge is 2.24. The lowest BCUT2D eigenvalue weighted by molar-refractivity contribution is -0.400. The number of carboxylic acids is 4. The van der Waals surface area contributed by atoms with Crippen LogP contribution in [0.3, 0.4) is 0 Å². The van der Waals surface area contributed by atoms with E-state index in [1.807, 2.05) is 0 Å². The molecule has 2 atom stereocenters.